The predicted molar refractivity (Wildman–Crippen MR) is 186 cm³/mol. The summed E-state index contributed by atoms with van der Waals surface area (Å²) < 4.78 is 1.01. The van der Waals surface area contributed by atoms with Gasteiger partial charge in [-0.25, -0.2) is 0 Å². The highest BCUT2D eigenvalue weighted by molar-refractivity contribution is 14.1. The van der Waals surface area contributed by atoms with Crippen molar-refractivity contribution in [2.24, 2.45) is 0 Å². The molecule has 0 aliphatic carbocycles. The summed E-state index contributed by atoms with van der Waals surface area (Å²) in [7, 11) is 3.15. The van der Waals surface area contributed by atoms with Crippen LogP contribution in [-0.4, -0.2) is 34.9 Å². The minimum Gasteiger partial charge on any atom is -0.368 e. The van der Waals surface area contributed by atoms with Gasteiger partial charge in [0, 0.05) is 25.1 Å². The molecule has 218 valence electrons. The van der Waals surface area contributed by atoms with E-state index in [-0.39, 0.29) is 11.9 Å². The van der Waals surface area contributed by atoms with Gasteiger partial charge in [-0.1, -0.05) is 75.7 Å². The SMILES string of the molecule is Cc1ccc(-c2nc(N)nc(Nc3ccccc3SSc3ccccc3Nc3nc(N)nc(-c4ccc(I)cn4)n3)n2)cc1. The molecule has 6 rings (SSSR count). The molecule has 3 aromatic carbocycles. The van der Waals surface area contributed by atoms with Crippen molar-refractivity contribution in [3.8, 4) is 22.9 Å². The topological polar surface area (TPSA) is 166 Å². The van der Waals surface area contributed by atoms with Gasteiger partial charge in [0.2, 0.25) is 23.8 Å². The molecule has 0 aliphatic heterocycles. The van der Waals surface area contributed by atoms with Gasteiger partial charge in [0.05, 0.1) is 11.4 Å². The van der Waals surface area contributed by atoms with Crippen molar-refractivity contribution >= 4 is 79.3 Å². The van der Waals surface area contributed by atoms with E-state index in [2.05, 4.69) is 68.1 Å². The molecule has 0 saturated carbocycles. The first-order valence-electron chi connectivity index (χ1n) is 13.2. The Bertz CT molecular complexity index is 1780. The Labute approximate surface area is 274 Å². The summed E-state index contributed by atoms with van der Waals surface area (Å²) in [6, 6.07) is 27.5. The Morgan fingerprint density at radius 2 is 1.16 bits per heavy atom. The highest BCUT2D eigenvalue weighted by Gasteiger charge is 2.13. The number of hydrogen-bond acceptors (Lipinski definition) is 13. The molecule has 44 heavy (non-hydrogen) atoms. The van der Waals surface area contributed by atoms with E-state index in [1.807, 2.05) is 91.9 Å². The number of hydrogen-bond donors (Lipinski definition) is 4. The first kappa shape index (κ1) is 29.5. The average molecular weight is 730 g/mol. The van der Waals surface area contributed by atoms with Crippen LogP contribution in [0.1, 0.15) is 5.56 Å². The first-order chi connectivity index (χ1) is 21.4. The largest absolute Gasteiger partial charge is 0.368 e. The number of para-hydroxylation sites is 2. The number of nitrogens with one attached hydrogen (secondary N) is 2. The van der Waals surface area contributed by atoms with Crippen LogP contribution in [0, 0.1) is 10.5 Å². The minimum absolute atomic E-state index is 0.0989. The van der Waals surface area contributed by atoms with E-state index >= 15 is 0 Å². The molecule has 3 aromatic heterocycles. The molecule has 14 heteroatoms. The van der Waals surface area contributed by atoms with Gasteiger partial charge in [0.25, 0.3) is 0 Å². The van der Waals surface area contributed by atoms with Crippen LogP contribution in [0.4, 0.5) is 35.2 Å². The molecule has 6 N–H and O–H groups in total. The van der Waals surface area contributed by atoms with Gasteiger partial charge in [-0.2, -0.15) is 29.9 Å². The Hall–Kier alpha value is -4.54. The molecule has 0 atom stereocenters. The zero-order chi connectivity index (χ0) is 30.5. The first-order valence-corrected chi connectivity index (χ1v) is 16.4. The number of nitrogens with zero attached hydrogens (tertiary/aromatic N) is 7. The van der Waals surface area contributed by atoms with Gasteiger partial charge in [-0.05, 0) is 65.9 Å². The van der Waals surface area contributed by atoms with Gasteiger partial charge in [0.1, 0.15) is 5.69 Å². The molecule has 0 spiro atoms. The van der Waals surface area contributed by atoms with E-state index in [1.165, 1.54) is 0 Å². The van der Waals surface area contributed by atoms with E-state index in [4.69, 9.17) is 11.5 Å². The van der Waals surface area contributed by atoms with Crippen LogP contribution in [0.3, 0.4) is 0 Å². The molecular formula is C30H24IN11S2. The quantitative estimate of drug-likeness (QED) is 0.0876. The Balaban J connectivity index is 1.20. The highest BCUT2D eigenvalue weighted by Crippen LogP contribution is 2.44. The lowest BCUT2D eigenvalue weighted by atomic mass is 10.1. The normalized spacial score (nSPS) is 10.9. The van der Waals surface area contributed by atoms with Gasteiger partial charge >= 0.3 is 0 Å². The summed E-state index contributed by atoms with van der Waals surface area (Å²) in [6.45, 7) is 2.03. The third-order valence-electron chi connectivity index (χ3n) is 6.06. The van der Waals surface area contributed by atoms with E-state index in [1.54, 1.807) is 27.8 Å². The lowest BCUT2D eigenvalue weighted by molar-refractivity contribution is 1.06. The molecule has 11 nitrogen and oxygen atoms in total. The number of nitrogen functional groups attached to an aromatic ring is 2. The molecule has 0 fully saturated rings. The maximum Gasteiger partial charge on any atom is 0.232 e. The van der Waals surface area contributed by atoms with Gasteiger partial charge in [-0.3, -0.25) is 4.98 Å². The zero-order valence-corrected chi connectivity index (χ0v) is 26.9. The summed E-state index contributed by atoms with van der Waals surface area (Å²) in [5, 5.41) is 6.61. The lowest BCUT2D eigenvalue weighted by Gasteiger charge is -2.13. The second kappa shape index (κ2) is 13.4. The fourth-order valence-electron chi connectivity index (χ4n) is 3.97. The monoisotopic (exact) mass is 729 g/mol. The number of benzene rings is 3. The van der Waals surface area contributed by atoms with Crippen molar-refractivity contribution < 1.29 is 0 Å². The van der Waals surface area contributed by atoms with E-state index in [0.29, 0.717) is 29.2 Å². The summed E-state index contributed by atoms with van der Waals surface area (Å²) >= 11 is 2.20. The van der Waals surface area contributed by atoms with Crippen LogP contribution in [0.25, 0.3) is 22.9 Å². The molecule has 0 saturated heterocycles. The van der Waals surface area contributed by atoms with Crippen LogP contribution < -0.4 is 22.1 Å². The smallest absolute Gasteiger partial charge is 0.232 e. The van der Waals surface area contributed by atoms with Crippen molar-refractivity contribution in [3.05, 3.63) is 100 Å². The Morgan fingerprint density at radius 1 is 0.614 bits per heavy atom. The fraction of sp³-hybridized carbons (Fsp3) is 0.0333. The number of rotatable bonds is 9. The summed E-state index contributed by atoms with van der Waals surface area (Å²) in [6.07, 6.45) is 1.75. The Kier molecular flexibility index (Phi) is 8.99. The molecule has 0 unspecified atom stereocenters. The Morgan fingerprint density at radius 3 is 1.73 bits per heavy atom. The molecule has 3 heterocycles. The van der Waals surface area contributed by atoms with Crippen molar-refractivity contribution in [2.45, 2.75) is 16.7 Å². The second-order valence-electron chi connectivity index (χ2n) is 9.32. The third kappa shape index (κ3) is 7.32. The lowest BCUT2D eigenvalue weighted by Crippen LogP contribution is -2.06. The maximum atomic E-state index is 6.05. The van der Waals surface area contributed by atoms with Crippen LogP contribution in [0.5, 0.6) is 0 Å². The molecule has 0 amide bonds. The van der Waals surface area contributed by atoms with E-state index in [0.717, 1.165) is 35.9 Å². The number of pyridine rings is 1. The van der Waals surface area contributed by atoms with Crippen LogP contribution in [0.15, 0.2) is 101 Å². The number of aromatic nitrogens is 7. The van der Waals surface area contributed by atoms with Gasteiger partial charge < -0.3 is 22.1 Å². The summed E-state index contributed by atoms with van der Waals surface area (Å²) in [4.78, 5) is 32.7. The van der Waals surface area contributed by atoms with Crippen molar-refractivity contribution in [1.29, 1.82) is 0 Å². The predicted octanol–water partition coefficient (Wildman–Crippen LogP) is 7.15. The van der Waals surface area contributed by atoms with E-state index < -0.39 is 0 Å². The van der Waals surface area contributed by atoms with Crippen molar-refractivity contribution in [3.63, 3.8) is 0 Å². The standard InChI is InChI=1S/C30H24IN11S2/c1-17-10-12-18(13-11-17)25-37-27(32)41-29(39-25)35-20-6-2-4-8-23(20)43-44-24-9-5-3-7-21(24)36-30-40-26(38-28(33)42-30)22-15-14-19(31)16-34-22/h2-16H,1H3,(H3,32,35,37,39,41)(H3,33,36,38,40,42). The molecule has 0 aliphatic rings. The number of aryl methyl sites for hydroxylation is 1. The summed E-state index contributed by atoms with van der Waals surface area (Å²) in [5.41, 5.74) is 16.3. The third-order valence-corrected chi connectivity index (χ3v) is 9.18. The van der Waals surface area contributed by atoms with Crippen molar-refractivity contribution in [1.82, 2.24) is 34.9 Å². The molecular weight excluding hydrogens is 705 g/mol. The second-order valence-corrected chi connectivity index (χ2v) is 12.8. The number of anilines is 6. The highest BCUT2D eigenvalue weighted by atomic mass is 127. The van der Waals surface area contributed by atoms with Crippen LogP contribution >= 0.6 is 44.2 Å². The van der Waals surface area contributed by atoms with Crippen LogP contribution in [-0.2, 0) is 0 Å². The molecule has 0 bridgehead atoms. The van der Waals surface area contributed by atoms with Crippen molar-refractivity contribution in [2.75, 3.05) is 22.1 Å². The van der Waals surface area contributed by atoms with Gasteiger partial charge in [0.15, 0.2) is 11.6 Å². The zero-order valence-electron chi connectivity index (χ0n) is 23.1. The average Bonchev–Trinajstić information content (AvgIpc) is 3.01. The van der Waals surface area contributed by atoms with E-state index in [9.17, 15) is 0 Å². The number of halogens is 1. The van der Waals surface area contributed by atoms with Gasteiger partial charge in [-0.15, -0.1) is 0 Å². The minimum atomic E-state index is 0.0989. The maximum absolute atomic E-state index is 6.05. The van der Waals surface area contributed by atoms with Crippen LogP contribution in [0.2, 0.25) is 0 Å². The number of nitrogens with two attached hydrogens (primary N) is 2. The summed E-state index contributed by atoms with van der Waals surface area (Å²) in [5.74, 6) is 1.81. The fourth-order valence-corrected chi connectivity index (χ4v) is 6.56. The molecule has 0 radical (unpaired) electrons. The molecule has 6 aromatic rings.